The molecule has 0 saturated carbocycles. The minimum Gasteiger partial charge on any atom is -0.508 e. The van der Waals surface area contributed by atoms with Crippen LogP contribution in [0.2, 0.25) is 0 Å². The van der Waals surface area contributed by atoms with Gasteiger partial charge in [-0.1, -0.05) is 29.8 Å². The largest absolute Gasteiger partial charge is 0.508 e. The number of aliphatic hydroxyl groups is 2. The molecule has 112 valence electrons. The summed E-state index contributed by atoms with van der Waals surface area (Å²) in [5.74, 6) is -2.24. The molecule has 3 N–H and O–H groups in total. The van der Waals surface area contributed by atoms with Crippen LogP contribution in [0.1, 0.15) is 23.1 Å². The van der Waals surface area contributed by atoms with Crippen molar-refractivity contribution >= 4 is 5.97 Å². The van der Waals surface area contributed by atoms with Crippen molar-refractivity contribution in [2.75, 3.05) is 0 Å². The number of carboxylic acids is 1. The van der Waals surface area contributed by atoms with Crippen molar-refractivity contribution in [2.45, 2.75) is 32.3 Å². The van der Waals surface area contributed by atoms with E-state index >= 15 is 0 Å². The van der Waals surface area contributed by atoms with Gasteiger partial charge in [0.25, 0.3) is 0 Å². The van der Waals surface area contributed by atoms with Gasteiger partial charge in [-0.15, -0.1) is 0 Å². The maximum atomic E-state index is 11.3. The molecule has 21 heavy (non-hydrogen) atoms. The van der Waals surface area contributed by atoms with Crippen molar-refractivity contribution in [3.8, 4) is 0 Å². The molecule has 0 spiro atoms. The molecule has 1 aliphatic carbocycles. The highest BCUT2D eigenvalue weighted by atomic mass is 16.4. The second-order valence-corrected chi connectivity index (χ2v) is 5.67. The first-order valence-corrected chi connectivity index (χ1v) is 6.93. The zero-order valence-corrected chi connectivity index (χ0v) is 12.2. The zero-order valence-electron chi connectivity index (χ0n) is 12.2. The number of allylic oxidation sites excluding steroid dienone is 1. The predicted octanol–water partition coefficient (Wildman–Crippen LogP) is 2.68. The molecule has 0 aromatic heterocycles. The van der Waals surface area contributed by atoms with Crippen LogP contribution in [0.25, 0.3) is 0 Å². The summed E-state index contributed by atoms with van der Waals surface area (Å²) in [6.07, 6.45) is 4.66. The topological polar surface area (TPSA) is 77.8 Å². The summed E-state index contributed by atoms with van der Waals surface area (Å²) in [6.45, 7) is 4.01. The average Bonchev–Trinajstić information content (AvgIpc) is 2.37. The Morgan fingerprint density at radius 1 is 1.33 bits per heavy atom. The molecule has 0 heterocycles. The van der Waals surface area contributed by atoms with E-state index in [-0.39, 0.29) is 12.2 Å². The second-order valence-electron chi connectivity index (χ2n) is 5.67. The summed E-state index contributed by atoms with van der Waals surface area (Å²) in [5.41, 5.74) is 1.78. The molecule has 0 bridgehead atoms. The average molecular weight is 288 g/mol. The van der Waals surface area contributed by atoms with Gasteiger partial charge in [0, 0.05) is 0 Å². The van der Waals surface area contributed by atoms with E-state index < -0.39 is 17.5 Å². The number of carbonyl (C=O) groups is 1. The molecule has 1 aliphatic rings. The van der Waals surface area contributed by atoms with Gasteiger partial charge in [-0.25, -0.2) is 0 Å². The number of hydrogen-bond acceptors (Lipinski definition) is 3. The van der Waals surface area contributed by atoms with Crippen LogP contribution in [-0.2, 0) is 11.2 Å². The molecule has 0 fully saturated rings. The second kappa shape index (κ2) is 5.74. The molecule has 1 aromatic rings. The fourth-order valence-corrected chi connectivity index (χ4v) is 2.74. The van der Waals surface area contributed by atoms with E-state index in [1.807, 2.05) is 26.0 Å². The Kier molecular flexibility index (Phi) is 4.19. The number of aliphatic carboxylic acids is 1. The molecule has 2 unspecified atom stereocenters. The summed E-state index contributed by atoms with van der Waals surface area (Å²) in [7, 11) is 0. The van der Waals surface area contributed by atoms with Crippen LogP contribution < -0.4 is 0 Å². The lowest BCUT2D eigenvalue weighted by Gasteiger charge is -2.31. The molecule has 0 amide bonds. The van der Waals surface area contributed by atoms with Crippen LogP contribution in [-0.4, -0.2) is 26.9 Å². The molecule has 2 atom stereocenters. The fourth-order valence-electron chi connectivity index (χ4n) is 2.74. The minimum absolute atomic E-state index is 0.101. The van der Waals surface area contributed by atoms with E-state index in [9.17, 15) is 20.1 Å². The molecular formula is C17H20O4. The van der Waals surface area contributed by atoms with Gasteiger partial charge in [-0.3, -0.25) is 4.79 Å². The Hall–Kier alpha value is -2.07. The van der Waals surface area contributed by atoms with E-state index in [0.717, 1.165) is 16.7 Å². The van der Waals surface area contributed by atoms with Crippen molar-refractivity contribution in [3.63, 3.8) is 0 Å². The van der Waals surface area contributed by atoms with Gasteiger partial charge in [-0.05, 0) is 50.0 Å². The predicted molar refractivity (Wildman–Crippen MR) is 80.2 cm³/mol. The van der Waals surface area contributed by atoms with Crippen molar-refractivity contribution < 1.29 is 20.1 Å². The van der Waals surface area contributed by atoms with Crippen molar-refractivity contribution in [1.82, 2.24) is 0 Å². The molecule has 0 aliphatic heterocycles. The van der Waals surface area contributed by atoms with Crippen molar-refractivity contribution in [1.29, 1.82) is 0 Å². The van der Waals surface area contributed by atoms with Gasteiger partial charge in [0.15, 0.2) is 0 Å². The maximum absolute atomic E-state index is 11.3. The molecule has 4 heteroatoms. The van der Waals surface area contributed by atoms with Crippen LogP contribution in [0.4, 0.5) is 0 Å². The third-order valence-corrected chi connectivity index (χ3v) is 3.95. The Labute approximate surface area is 124 Å². The Bertz CT molecular complexity index is 615. The first-order chi connectivity index (χ1) is 9.82. The number of carboxylic acid groups (broad SMARTS) is 1. The normalized spacial score (nSPS) is 24.7. The summed E-state index contributed by atoms with van der Waals surface area (Å²) in [4.78, 5) is 11.3. The standard InChI is InChI=1S/C17H20O4/c1-11-3-4-13(12(2)9-11)7-8-17(21)10-14(18)5-6-15(17)16(19)20/h3-6,9-10,15,18,21H,7-8H2,1-2H3,(H,19,20). The lowest BCUT2D eigenvalue weighted by molar-refractivity contribution is -0.146. The van der Waals surface area contributed by atoms with Gasteiger partial charge < -0.3 is 15.3 Å². The van der Waals surface area contributed by atoms with Crippen LogP contribution in [0.3, 0.4) is 0 Å². The van der Waals surface area contributed by atoms with E-state index in [2.05, 4.69) is 6.07 Å². The zero-order chi connectivity index (χ0) is 15.6. The van der Waals surface area contributed by atoms with Crippen molar-refractivity contribution in [2.24, 2.45) is 5.92 Å². The number of aliphatic hydroxyl groups excluding tert-OH is 1. The highest BCUT2D eigenvalue weighted by Crippen LogP contribution is 2.32. The Morgan fingerprint density at radius 2 is 2.05 bits per heavy atom. The Balaban J connectivity index is 2.19. The summed E-state index contributed by atoms with van der Waals surface area (Å²) in [6, 6.07) is 6.04. The summed E-state index contributed by atoms with van der Waals surface area (Å²) in [5, 5.41) is 29.4. The summed E-state index contributed by atoms with van der Waals surface area (Å²) < 4.78 is 0. The first-order valence-electron chi connectivity index (χ1n) is 6.93. The smallest absolute Gasteiger partial charge is 0.313 e. The van der Waals surface area contributed by atoms with Gasteiger partial charge in [-0.2, -0.15) is 0 Å². The minimum atomic E-state index is -1.57. The maximum Gasteiger partial charge on any atom is 0.313 e. The lowest BCUT2D eigenvalue weighted by atomic mass is 9.79. The monoisotopic (exact) mass is 288 g/mol. The van der Waals surface area contributed by atoms with Crippen molar-refractivity contribution in [3.05, 3.63) is 58.9 Å². The molecule has 0 saturated heterocycles. The van der Waals surface area contributed by atoms with Gasteiger partial charge >= 0.3 is 5.97 Å². The highest BCUT2D eigenvalue weighted by Gasteiger charge is 2.40. The van der Waals surface area contributed by atoms with E-state index in [1.165, 1.54) is 18.2 Å². The van der Waals surface area contributed by atoms with Crippen LogP contribution in [0.5, 0.6) is 0 Å². The SMILES string of the molecule is Cc1ccc(CCC2(O)C=C(O)C=CC2C(=O)O)c(C)c1. The molecule has 4 nitrogen and oxygen atoms in total. The lowest BCUT2D eigenvalue weighted by Crippen LogP contribution is -2.41. The van der Waals surface area contributed by atoms with Gasteiger partial charge in [0.2, 0.25) is 0 Å². The fraction of sp³-hybridized carbons (Fsp3) is 0.353. The Morgan fingerprint density at radius 3 is 2.67 bits per heavy atom. The molecule has 1 aromatic carbocycles. The van der Waals surface area contributed by atoms with Gasteiger partial charge in [0.1, 0.15) is 17.3 Å². The van der Waals surface area contributed by atoms with Gasteiger partial charge in [0.05, 0.1) is 0 Å². The molecule has 2 rings (SSSR count). The quantitative estimate of drug-likeness (QED) is 0.796. The molecular weight excluding hydrogens is 268 g/mol. The van der Waals surface area contributed by atoms with Crippen LogP contribution in [0.15, 0.2) is 42.2 Å². The number of aryl methyl sites for hydroxylation is 3. The first kappa shape index (κ1) is 15.3. The van der Waals surface area contributed by atoms with E-state index in [4.69, 9.17) is 0 Å². The van der Waals surface area contributed by atoms with Crippen LogP contribution in [0, 0.1) is 19.8 Å². The molecule has 0 radical (unpaired) electrons. The highest BCUT2D eigenvalue weighted by molar-refractivity contribution is 5.75. The number of hydrogen-bond donors (Lipinski definition) is 3. The number of rotatable bonds is 4. The summed E-state index contributed by atoms with van der Waals surface area (Å²) >= 11 is 0. The van der Waals surface area contributed by atoms with E-state index in [0.29, 0.717) is 6.42 Å². The number of benzene rings is 1. The third kappa shape index (κ3) is 3.34. The van der Waals surface area contributed by atoms with E-state index in [1.54, 1.807) is 0 Å². The van der Waals surface area contributed by atoms with Crippen LogP contribution >= 0.6 is 0 Å². The third-order valence-electron chi connectivity index (χ3n) is 3.95.